The predicted molar refractivity (Wildman–Crippen MR) is 84.7 cm³/mol. The van der Waals surface area contributed by atoms with E-state index >= 15 is 0 Å². The zero-order chi connectivity index (χ0) is 14.7. The molecule has 3 rings (SSSR count). The molecular formula is C19H18O2. The summed E-state index contributed by atoms with van der Waals surface area (Å²) >= 11 is 0. The molecule has 0 aliphatic heterocycles. The fourth-order valence-corrected chi connectivity index (χ4v) is 2.75. The summed E-state index contributed by atoms with van der Waals surface area (Å²) in [6.45, 7) is 0. The molecule has 2 nitrogen and oxygen atoms in total. The summed E-state index contributed by atoms with van der Waals surface area (Å²) in [5, 5.41) is 0. The van der Waals surface area contributed by atoms with E-state index in [4.69, 9.17) is 4.74 Å². The van der Waals surface area contributed by atoms with Crippen LogP contribution in [0, 0.1) is 0 Å². The first-order valence-corrected chi connectivity index (χ1v) is 7.25. The van der Waals surface area contributed by atoms with Gasteiger partial charge in [-0.1, -0.05) is 36.4 Å². The fraction of sp³-hybridized carbons (Fsp3) is 0.211. The van der Waals surface area contributed by atoms with Gasteiger partial charge in [0.15, 0.2) is 5.78 Å². The van der Waals surface area contributed by atoms with Crippen LogP contribution in [0.15, 0.2) is 54.1 Å². The molecule has 2 aromatic rings. The fourth-order valence-electron chi connectivity index (χ4n) is 2.75. The molecule has 0 N–H and O–H groups in total. The molecule has 2 heteroatoms. The second kappa shape index (κ2) is 5.96. The van der Waals surface area contributed by atoms with Gasteiger partial charge in [-0.2, -0.15) is 0 Å². The number of ketones is 1. The Morgan fingerprint density at radius 2 is 1.76 bits per heavy atom. The van der Waals surface area contributed by atoms with Gasteiger partial charge in [-0.15, -0.1) is 0 Å². The van der Waals surface area contributed by atoms with Crippen LogP contribution < -0.4 is 4.74 Å². The quantitative estimate of drug-likeness (QED) is 0.605. The highest BCUT2D eigenvalue weighted by atomic mass is 16.5. The lowest BCUT2D eigenvalue weighted by Gasteiger charge is -2.05. The van der Waals surface area contributed by atoms with Crippen molar-refractivity contribution in [3.63, 3.8) is 0 Å². The molecule has 0 saturated carbocycles. The molecule has 0 bridgehead atoms. The van der Waals surface area contributed by atoms with E-state index in [1.165, 1.54) is 5.56 Å². The number of rotatable bonds is 2. The number of fused-ring (bicyclic) bond motifs is 1. The zero-order valence-electron chi connectivity index (χ0n) is 12.1. The number of carbonyl (C=O) groups is 1. The molecule has 1 aliphatic rings. The molecule has 0 atom stereocenters. The molecule has 0 unspecified atom stereocenters. The summed E-state index contributed by atoms with van der Waals surface area (Å²) in [5.74, 6) is 0.994. The van der Waals surface area contributed by atoms with E-state index in [2.05, 4.69) is 6.07 Å². The van der Waals surface area contributed by atoms with E-state index in [1.807, 2.05) is 48.5 Å². The Labute approximate surface area is 125 Å². The van der Waals surface area contributed by atoms with Crippen LogP contribution in [0.5, 0.6) is 5.75 Å². The van der Waals surface area contributed by atoms with Crippen LogP contribution in [-0.2, 0) is 6.42 Å². The van der Waals surface area contributed by atoms with Gasteiger partial charge in [0.05, 0.1) is 7.11 Å². The molecule has 21 heavy (non-hydrogen) atoms. The molecule has 0 fully saturated rings. The van der Waals surface area contributed by atoms with Gasteiger partial charge in [0, 0.05) is 11.1 Å². The molecule has 0 saturated heterocycles. The van der Waals surface area contributed by atoms with Gasteiger partial charge in [0.25, 0.3) is 0 Å². The van der Waals surface area contributed by atoms with Crippen molar-refractivity contribution in [2.45, 2.75) is 19.3 Å². The van der Waals surface area contributed by atoms with Crippen molar-refractivity contribution in [2.24, 2.45) is 0 Å². The van der Waals surface area contributed by atoms with Gasteiger partial charge in [0.2, 0.25) is 0 Å². The normalized spacial score (nSPS) is 16.4. The van der Waals surface area contributed by atoms with Crippen LogP contribution in [-0.4, -0.2) is 12.9 Å². The van der Waals surface area contributed by atoms with E-state index in [1.54, 1.807) is 7.11 Å². The van der Waals surface area contributed by atoms with Gasteiger partial charge in [0.1, 0.15) is 5.75 Å². The smallest absolute Gasteiger partial charge is 0.189 e. The number of benzene rings is 2. The molecule has 2 aromatic carbocycles. The van der Waals surface area contributed by atoms with Gasteiger partial charge >= 0.3 is 0 Å². The lowest BCUT2D eigenvalue weighted by Crippen LogP contribution is -2.03. The lowest BCUT2D eigenvalue weighted by atomic mass is 9.98. The highest BCUT2D eigenvalue weighted by Gasteiger charge is 2.19. The van der Waals surface area contributed by atoms with Crippen LogP contribution in [0.3, 0.4) is 0 Å². The molecular weight excluding hydrogens is 260 g/mol. The number of aryl methyl sites for hydroxylation is 1. The van der Waals surface area contributed by atoms with Crippen LogP contribution in [0.1, 0.15) is 34.3 Å². The maximum Gasteiger partial charge on any atom is 0.189 e. The minimum absolute atomic E-state index is 0.166. The summed E-state index contributed by atoms with van der Waals surface area (Å²) in [4.78, 5) is 12.7. The van der Waals surface area contributed by atoms with E-state index in [0.29, 0.717) is 0 Å². The summed E-state index contributed by atoms with van der Waals surface area (Å²) in [6.07, 6.45) is 4.83. The third-order valence-electron chi connectivity index (χ3n) is 3.90. The molecule has 0 spiro atoms. The number of methoxy groups -OCH3 is 1. The first-order chi connectivity index (χ1) is 10.3. The molecule has 0 radical (unpaired) electrons. The van der Waals surface area contributed by atoms with Crippen LogP contribution in [0.25, 0.3) is 6.08 Å². The number of allylic oxidation sites excluding steroid dienone is 1. The van der Waals surface area contributed by atoms with Crippen LogP contribution in [0.2, 0.25) is 0 Å². The molecule has 0 aromatic heterocycles. The van der Waals surface area contributed by atoms with Gasteiger partial charge in [-0.3, -0.25) is 4.79 Å². The summed E-state index contributed by atoms with van der Waals surface area (Å²) in [7, 11) is 1.65. The number of hydrogen-bond acceptors (Lipinski definition) is 2. The van der Waals surface area contributed by atoms with Crippen molar-refractivity contribution >= 4 is 11.9 Å². The third kappa shape index (κ3) is 2.89. The number of carbonyl (C=O) groups excluding carboxylic acids is 1. The Morgan fingerprint density at radius 1 is 1.00 bits per heavy atom. The van der Waals surface area contributed by atoms with Crippen molar-refractivity contribution in [1.82, 2.24) is 0 Å². The maximum absolute atomic E-state index is 12.7. The average molecular weight is 278 g/mol. The monoisotopic (exact) mass is 278 g/mol. The molecule has 1 aliphatic carbocycles. The first-order valence-electron chi connectivity index (χ1n) is 7.25. The minimum Gasteiger partial charge on any atom is -0.497 e. The Hall–Kier alpha value is -2.35. The van der Waals surface area contributed by atoms with Crippen LogP contribution in [0.4, 0.5) is 0 Å². The predicted octanol–water partition coefficient (Wildman–Crippen LogP) is 4.30. The second-order valence-electron chi connectivity index (χ2n) is 5.28. The van der Waals surface area contributed by atoms with Crippen molar-refractivity contribution in [2.75, 3.05) is 7.11 Å². The van der Waals surface area contributed by atoms with E-state index in [-0.39, 0.29) is 5.78 Å². The first kappa shape index (κ1) is 13.6. The topological polar surface area (TPSA) is 26.3 Å². The SMILES string of the molecule is COc1ccc(/C=C2\CCCc3ccccc3C2=O)cc1. The second-order valence-corrected chi connectivity index (χ2v) is 5.28. The highest BCUT2D eigenvalue weighted by molar-refractivity contribution is 6.12. The Bertz CT molecular complexity index is 681. The minimum atomic E-state index is 0.166. The molecule has 106 valence electrons. The maximum atomic E-state index is 12.7. The van der Waals surface area contributed by atoms with Gasteiger partial charge in [-0.05, 0) is 48.6 Å². The molecule has 0 heterocycles. The summed E-state index contributed by atoms with van der Waals surface area (Å²) in [6, 6.07) is 15.7. The van der Waals surface area contributed by atoms with E-state index in [0.717, 1.165) is 41.7 Å². The van der Waals surface area contributed by atoms with Gasteiger partial charge < -0.3 is 4.74 Å². The Kier molecular flexibility index (Phi) is 3.87. The van der Waals surface area contributed by atoms with Crippen molar-refractivity contribution < 1.29 is 9.53 Å². The molecule has 0 amide bonds. The van der Waals surface area contributed by atoms with E-state index in [9.17, 15) is 4.79 Å². The highest BCUT2D eigenvalue weighted by Crippen LogP contribution is 2.26. The zero-order valence-corrected chi connectivity index (χ0v) is 12.1. The van der Waals surface area contributed by atoms with Crippen molar-refractivity contribution in [1.29, 1.82) is 0 Å². The van der Waals surface area contributed by atoms with Gasteiger partial charge in [-0.25, -0.2) is 0 Å². The third-order valence-corrected chi connectivity index (χ3v) is 3.90. The number of hydrogen-bond donors (Lipinski definition) is 0. The standard InChI is InChI=1S/C19H18O2/c1-21-17-11-9-14(10-12-17)13-16-7-4-6-15-5-2-3-8-18(15)19(16)20/h2-3,5,8-13H,4,6-7H2,1H3/b16-13+. The Morgan fingerprint density at radius 3 is 2.52 bits per heavy atom. The van der Waals surface area contributed by atoms with Crippen molar-refractivity contribution in [3.05, 3.63) is 70.8 Å². The lowest BCUT2D eigenvalue weighted by molar-refractivity contribution is 0.103. The van der Waals surface area contributed by atoms with Crippen LogP contribution >= 0.6 is 0 Å². The van der Waals surface area contributed by atoms with Crippen molar-refractivity contribution in [3.8, 4) is 5.75 Å². The van der Waals surface area contributed by atoms with E-state index < -0.39 is 0 Å². The average Bonchev–Trinajstić information content (AvgIpc) is 2.69. The number of ether oxygens (including phenoxy) is 1. The Balaban J connectivity index is 1.94. The summed E-state index contributed by atoms with van der Waals surface area (Å²) in [5.41, 5.74) is 3.96. The number of Topliss-reactive ketones (excluding diaryl/α,β-unsaturated/α-hetero) is 1. The largest absolute Gasteiger partial charge is 0.497 e. The summed E-state index contributed by atoms with van der Waals surface area (Å²) < 4.78 is 5.16.